The lowest BCUT2D eigenvalue weighted by Crippen LogP contribution is -2.43. The Bertz CT molecular complexity index is 1310. The van der Waals surface area contributed by atoms with Gasteiger partial charge in [0.1, 0.15) is 5.75 Å². The van der Waals surface area contributed by atoms with Gasteiger partial charge in [-0.3, -0.25) is 4.79 Å². The molecule has 3 N–H and O–H groups in total. The van der Waals surface area contributed by atoms with Gasteiger partial charge >= 0.3 is 6.18 Å². The Hall–Kier alpha value is -3.86. The van der Waals surface area contributed by atoms with Gasteiger partial charge in [0, 0.05) is 49.8 Å². The molecule has 0 bridgehead atoms. The number of alkyl halides is 3. The molecule has 2 aromatic carbocycles. The molecule has 0 radical (unpaired) electrons. The lowest BCUT2D eigenvalue weighted by atomic mass is 9.98. The first-order chi connectivity index (χ1) is 17.8. The van der Waals surface area contributed by atoms with Crippen LogP contribution in [-0.4, -0.2) is 49.2 Å². The Kier molecular flexibility index (Phi) is 6.88. The molecular formula is C26H27F3N6O2. The van der Waals surface area contributed by atoms with E-state index in [1.807, 2.05) is 24.3 Å². The molecule has 2 aliphatic rings. The summed E-state index contributed by atoms with van der Waals surface area (Å²) in [6.07, 6.45) is -3.21. The molecular weight excluding hydrogens is 485 g/mol. The highest BCUT2D eigenvalue weighted by atomic mass is 19.4. The van der Waals surface area contributed by atoms with Gasteiger partial charge in [0.2, 0.25) is 11.9 Å². The lowest BCUT2D eigenvalue weighted by Gasteiger charge is -2.30. The number of halogens is 3. The van der Waals surface area contributed by atoms with Gasteiger partial charge in [-0.1, -0.05) is 12.1 Å². The van der Waals surface area contributed by atoms with Gasteiger partial charge in [-0.2, -0.15) is 13.2 Å². The van der Waals surface area contributed by atoms with Gasteiger partial charge in [-0.25, -0.2) is 9.97 Å². The van der Waals surface area contributed by atoms with E-state index in [1.165, 1.54) is 0 Å². The summed E-state index contributed by atoms with van der Waals surface area (Å²) in [5.74, 6) is 0.466. The number of hydrogen-bond acceptors (Lipinski definition) is 7. The molecule has 3 aromatic rings. The second-order valence-electron chi connectivity index (χ2n) is 8.97. The maximum atomic E-state index is 13.8. The molecule has 1 aromatic heterocycles. The number of methoxy groups -OCH3 is 1. The Morgan fingerprint density at radius 3 is 2.70 bits per heavy atom. The molecule has 0 saturated carbocycles. The third kappa shape index (κ3) is 5.46. The number of hydrogen-bond donors (Lipinski definition) is 3. The van der Waals surface area contributed by atoms with E-state index in [2.05, 4.69) is 30.8 Å². The number of benzene rings is 2. The van der Waals surface area contributed by atoms with E-state index in [1.54, 1.807) is 19.2 Å². The quantitative estimate of drug-likeness (QED) is 0.442. The Morgan fingerprint density at radius 2 is 1.95 bits per heavy atom. The van der Waals surface area contributed by atoms with Crippen molar-refractivity contribution < 1.29 is 22.7 Å². The fraction of sp³-hybridized carbons (Fsp3) is 0.346. The van der Waals surface area contributed by atoms with E-state index in [0.29, 0.717) is 23.5 Å². The van der Waals surface area contributed by atoms with Crippen LogP contribution in [0.15, 0.2) is 42.6 Å². The van der Waals surface area contributed by atoms with Gasteiger partial charge in [0.25, 0.3) is 0 Å². The number of amides is 1. The van der Waals surface area contributed by atoms with Gasteiger partial charge < -0.3 is 25.6 Å². The Balaban J connectivity index is 1.39. The zero-order valence-corrected chi connectivity index (χ0v) is 20.3. The van der Waals surface area contributed by atoms with E-state index < -0.39 is 11.7 Å². The molecule has 11 heteroatoms. The maximum Gasteiger partial charge on any atom is 0.419 e. The number of aromatic nitrogens is 2. The van der Waals surface area contributed by atoms with Crippen molar-refractivity contribution in [3.8, 4) is 5.75 Å². The summed E-state index contributed by atoms with van der Waals surface area (Å²) in [4.78, 5) is 22.2. The van der Waals surface area contributed by atoms with Crippen LogP contribution in [0.2, 0.25) is 0 Å². The standard InChI is InChI=1S/C26H27F3N6O2/c1-37-23-13-17(35-11-9-30-10-12-35)6-8-22(23)34-25-31-15-19(26(27,28)29)21(33-25)7-5-16-3-2-4-20-18(16)14-24(36)32-20/h2-4,6,8,13,15,30H,5,7,9-12,14H2,1H3,(H,32,36)(H,31,33,34). The zero-order valence-electron chi connectivity index (χ0n) is 20.3. The van der Waals surface area contributed by atoms with Crippen LogP contribution in [0.3, 0.4) is 0 Å². The predicted octanol–water partition coefficient (Wildman–Crippen LogP) is 3.94. The van der Waals surface area contributed by atoms with E-state index in [0.717, 1.165) is 49.2 Å². The molecule has 1 amide bonds. The smallest absolute Gasteiger partial charge is 0.419 e. The third-order valence-corrected chi connectivity index (χ3v) is 6.60. The van der Waals surface area contributed by atoms with Crippen LogP contribution in [0.4, 0.5) is 36.2 Å². The molecule has 0 atom stereocenters. The molecule has 2 aliphatic heterocycles. The van der Waals surface area contributed by atoms with Crippen LogP contribution in [0.25, 0.3) is 0 Å². The van der Waals surface area contributed by atoms with Crippen molar-refractivity contribution in [2.75, 3.05) is 48.8 Å². The molecule has 37 heavy (non-hydrogen) atoms. The van der Waals surface area contributed by atoms with E-state index >= 15 is 0 Å². The van der Waals surface area contributed by atoms with Crippen LogP contribution in [0.1, 0.15) is 22.4 Å². The summed E-state index contributed by atoms with van der Waals surface area (Å²) < 4.78 is 46.8. The van der Waals surface area contributed by atoms with Crippen molar-refractivity contribution in [3.63, 3.8) is 0 Å². The van der Waals surface area contributed by atoms with Crippen molar-refractivity contribution in [1.29, 1.82) is 0 Å². The number of nitrogens with zero attached hydrogens (tertiary/aromatic N) is 3. The monoisotopic (exact) mass is 512 g/mol. The summed E-state index contributed by atoms with van der Waals surface area (Å²) in [5.41, 5.74) is 2.92. The first kappa shape index (κ1) is 24.8. The average molecular weight is 513 g/mol. The molecule has 0 aliphatic carbocycles. The van der Waals surface area contributed by atoms with E-state index in [4.69, 9.17) is 4.74 Å². The summed E-state index contributed by atoms with van der Waals surface area (Å²) in [6.45, 7) is 3.53. The molecule has 8 nitrogen and oxygen atoms in total. The lowest BCUT2D eigenvalue weighted by molar-refractivity contribution is -0.138. The van der Waals surface area contributed by atoms with Crippen LogP contribution in [0, 0.1) is 0 Å². The van der Waals surface area contributed by atoms with Crippen LogP contribution in [0.5, 0.6) is 5.75 Å². The van der Waals surface area contributed by atoms with Gasteiger partial charge in [0.15, 0.2) is 0 Å². The SMILES string of the molecule is COc1cc(N2CCNCC2)ccc1Nc1ncc(C(F)(F)F)c(CCc2cccc3c2CC(=O)N3)n1. The van der Waals surface area contributed by atoms with Crippen molar-refractivity contribution in [2.24, 2.45) is 0 Å². The molecule has 0 unspecified atom stereocenters. The van der Waals surface area contributed by atoms with Crippen molar-refractivity contribution >= 4 is 28.9 Å². The number of carbonyl (C=O) groups excluding carboxylic acids is 1. The highest BCUT2D eigenvalue weighted by Crippen LogP contribution is 2.35. The van der Waals surface area contributed by atoms with Crippen LogP contribution < -0.4 is 25.6 Å². The van der Waals surface area contributed by atoms with Crippen molar-refractivity contribution in [3.05, 3.63) is 65.0 Å². The molecule has 3 heterocycles. The van der Waals surface area contributed by atoms with Crippen molar-refractivity contribution in [1.82, 2.24) is 15.3 Å². The molecule has 1 fully saturated rings. The average Bonchev–Trinajstić information content (AvgIpc) is 3.28. The van der Waals surface area contributed by atoms with Crippen LogP contribution in [-0.2, 0) is 30.2 Å². The second kappa shape index (κ2) is 10.3. The van der Waals surface area contributed by atoms with E-state index in [-0.39, 0.29) is 30.4 Å². The number of piperazine rings is 1. The highest BCUT2D eigenvalue weighted by molar-refractivity contribution is 5.99. The minimum absolute atomic E-state index is 0.0375. The molecule has 194 valence electrons. The number of rotatable bonds is 7. The summed E-state index contributed by atoms with van der Waals surface area (Å²) in [6, 6.07) is 11.0. The van der Waals surface area contributed by atoms with E-state index in [9.17, 15) is 18.0 Å². The minimum atomic E-state index is -4.59. The largest absolute Gasteiger partial charge is 0.494 e. The first-order valence-electron chi connectivity index (χ1n) is 12.1. The summed E-state index contributed by atoms with van der Waals surface area (Å²) >= 11 is 0. The first-order valence-corrected chi connectivity index (χ1v) is 12.1. The van der Waals surface area contributed by atoms with Crippen LogP contribution >= 0.6 is 0 Å². The normalized spacial score (nSPS) is 15.4. The molecule has 1 saturated heterocycles. The zero-order chi connectivity index (χ0) is 26.0. The van der Waals surface area contributed by atoms with Crippen molar-refractivity contribution in [2.45, 2.75) is 25.4 Å². The second-order valence-corrected chi connectivity index (χ2v) is 8.97. The summed E-state index contributed by atoms with van der Waals surface area (Å²) in [5, 5.41) is 9.10. The maximum absolute atomic E-state index is 13.8. The summed E-state index contributed by atoms with van der Waals surface area (Å²) in [7, 11) is 1.54. The number of nitrogens with one attached hydrogen (secondary N) is 3. The number of ether oxygens (including phenoxy) is 1. The fourth-order valence-corrected chi connectivity index (χ4v) is 4.73. The molecule has 0 spiro atoms. The topological polar surface area (TPSA) is 91.4 Å². The number of fused-ring (bicyclic) bond motifs is 1. The van der Waals surface area contributed by atoms with Gasteiger partial charge in [0.05, 0.1) is 30.5 Å². The van der Waals surface area contributed by atoms with Gasteiger partial charge in [-0.05, 0) is 42.2 Å². The number of aryl methyl sites for hydroxylation is 2. The number of carbonyl (C=O) groups is 1. The minimum Gasteiger partial charge on any atom is -0.494 e. The number of anilines is 4. The fourth-order valence-electron chi connectivity index (χ4n) is 4.73. The predicted molar refractivity (Wildman–Crippen MR) is 135 cm³/mol. The Labute approximate surface area is 212 Å². The highest BCUT2D eigenvalue weighted by Gasteiger charge is 2.35. The molecule has 5 rings (SSSR count). The van der Waals surface area contributed by atoms with Gasteiger partial charge in [-0.15, -0.1) is 0 Å². The third-order valence-electron chi connectivity index (χ3n) is 6.60. The Morgan fingerprint density at radius 1 is 1.14 bits per heavy atom.